The van der Waals surface area contributed by atoms with Gasteiger partial charge in [0.2, 0.25) is 29.5 Å². The van der Waals surface area contributed by atoms with Crippen molar-refractivity contribution in [2.75, 3.05) is 6.54 Å². The number of benzene rings is 2. The standard InChI is InChI=1S/C37H46N6O6/c38-29(19-21-31(39)44)34(46)42-33(26-15-10-8-11-16-26)36(48)40-23-12-7-5-3-1-2-4-6-9-14-25-17-13-18-27-28(25)24-43(37(27)49)30-20-22-32(45)41-35(30)47/h8,10-11,13,15-18,29-30,33H,1-7,12,19-24,38H2,(H2,39,44)(H,40,48)(H,42,46)(H,41,45,47)/t29-,30?,33-/m0/s1. The first-order chi connectivity index (χ1) is 23.7. The van der Waals surface area contributed by atoms with Gasteiger partial charge in [0, 0.05) is 43.5 Å². The van der Waals surface area contributed by atoms with Crippen molar-refractivity contribution >= 4 is 35.4 Å². The minimum atomic E-state index is -0.949. The van der Waals surface area contributed by atoms with Crippen LogP contribution in [0.25, 0.3) is 0 Å². The summed E-state index contributed by atoms with van der Waals surface area (Å²) in [6.45, 7) is 0.801. The Morgan fingerprint density at radius 2 is 1.63 bits per heavy atom. The molecule has 7 N–H and O–H groups in total. The highest BCUT2D eigenvalue weighted by atomic mass is 16.2. The Bertz CT molecular complexity index is 1580. The highest BCUT2D eigenvalue weighted by Crippen LogP contribution is 2.29. The molecule has 1 unspecified atom stereocenters. The molecule has 1 fully saturated rings. The van der Waals surface area contributed by atoms with Crippen LogP contribution in [0.2, 0.25) is 0 Å². The fourth-order valence-corrected chi connectivity index (χ4v) is 6.02. The molecule has 49 heavy (non-hydrogen) atoms. The minimum Gasteiger partial charge on any atom is -0.370 e. The molecule has 0 spiro atoms. The number of rotatable bonds is 17. The van der Waals surface area contributed by atoms with E-state index < -0.39 is 35.8 Å². The van der Waals surface area contributed by atoms with Crippen molar-refractivity contribution in [1.82, 2.24) is 20.9 Å². The fourth-order valence-electron chi connectivity index (χ4n) is 6.02. The molecule has 0 aromatic heterocycles. The van der Waals surface area contributed by atoms with Gasteiger partial charge in [-0.2, -0.15) is 0 Å². The van der Waals surface area contributed by atoms with E-state index in [0.29, 0.717) is 30.6 Å². The highest BCUT2D eigenvalue weighted by molar-refractivity contribution is 6.05. The number of piperidine rings is 1. The number of hydrogen-bond acceptors (Lipinski definition) is 7. The number of carbonyl (C=O) groups excluding carboxylic acids is 6. The van der Waals surface area contributed by atoms with Gasteiger partial charge < -0.3 is 27.0 Å². The van der Waals surface area contributed by atoms with Gasteiger partial charge in [0.05, 0.1) is 6.04 Å². The second-order valence-corrected chi connectivity index (χ2v) is 12.5. The average molecular weight is 671 g/mol. The number of carbonyl (C=O) groups is 6. The third kappa shape index (κ3) is 10.7. The number of nitrogens with zero attached hydrogens (tertiary/aromatic N) is 1. The van der Waals surface area contributed by atoms with E-state index in [4.69, 9.17) is 11.5 Å². The van der Waals surface area contributed by atoms with Gasteiger partial charge in [-0.1, -0.05) is 80.3 Å². The maximum atomic E-state index is 13.0. The van der Waals surface area contributed by atoms with Crippen molar-refractivity contribution in [3.05, 3.63) is 70.8 Å². The number of fused-ring (bicyclic) bond motifs is 1. The third-order valence-corrected chi connectivity index (χ3v) is 8.80. The third-order valence-electron chi connectivity index (χ3n) is 8.80. The molecule has 0 radical (unpaired) electrons. The molecule has 2 aromatic carbocycles. The Hall–Kier alpha value is -5.02. The zero-order chi connectivity index (χ0) is 35.2. The van der Waals surface area contributed by atoms with Crippen LogP contribution in [0.5, 0.6) is 0 Å². The fraction of sp³-hybridized carbons (Fsp3) is 0.459. The molecule has 3 atom stereocenters. The lowest BCUT2D eigenvalue weighted by molar-refractivity contribution is -0.137. The van der Waals surface area contributed by atoms with Gasteiger partial charge in [-0.25, -0.2) is 0 Å². The Morgan fingerprint density at radius 1 is 0.918 bits per heavy atom. The van der Waals surface area contributed by atoms with Crippen molar-refractivity contribution in [2.24, 2.45) is 11.5 Å². The summed E-state index contributed by atoms with van der Waals surface area (Å²) in [5, 5.41) is 7.96. The molecule has 12 nitrogen and oxygen atoms in total. The first-order valence-corrected chi connectivity index (χ1v) is 17.1. The van der Waals surface area contributed by atoms with E-state index in [1.54, 1.807) is 35.2 Å². The van der Waals surface area contributed by atoms with Gasteiger partial charge in [0.1, 0.15) is 12.1 Å². The maximum Gasteiger partial charge on any atom is 0.255 e. The summed E-state index contributed by atoms with van der Waals surface area (Å²) >= 11 is 0. The number of primary amides is 1. The number of amides is 6. The second-order valence-electron chi connectivity index (χ2n) is 12.5. The van der Waals surface area contributed by atoms with Crippen molar-refractivity contribution in [2.45, 2.75) is 102 Å². The van der Waals surface area contributed by atoms with Crippen LogP contribution < -0.4 is 27.4 Å². The van der Waals surface area contributed by atoms with Crippen LogP contribution in [0.4, 0.5) is 0 Å². The van der Waals surface area contributed by atoms with Gasteiger partial charge in [0.25, 0.3) is 5.91 Å². The SMILES string of the molecule is NC(=O)CC[C@H](N)C(=O)N[C@H](C(=O)NCCCCCCCCCC#Cc1cccc2c1CN(C1CCC(=O)NC1=O)C2=O)c1ccccc1. The van der Waals surface area contributed by atoms with Crippen molar-refractivity contribution < 1.29 is 28.8 Å². The van der Waals surface area contributed by atoms with E-state index in [0.717, 1.165) is 62.5 Å². The number of nitrogens with one attached hydrogen (secondary N) is 3. The van der Waals surface area contributed by atoms with E-state index in [9.17, 15) is 28.8 Å². The van der Waals surface area contributed by atoms with Crippen LogP contribution in [0, 0.1) is 11.8 Å². The lowest BCUT2D eigenvalue weighted by Crippen LogP contribution is -2.52. The zero-order valence-corrected chi connectivity index (χ0v) is 27.8. The summed E-state index contributed by atoms with van der Waals surface area (Å²) in [7, 11) is 0. The largest absolute Gasteiger partial charge is 0.370 e. The quantitative estimate of drug-likeness (QED) is 0.0969. The van der Waals surface area contributed by atoms with Gasteiger partial charge in [-0.05, 0) is 48.9 Å². The Kier molecular flexibility index (Phi) is 13.9. The average Bonchev–Trinajstić information content (AvgIpc) is 3.42. The molecular weight excluding hydrogens is 624 g/mol. The molecular formula is C37H46N6O6. The number of hydrogen-bond donors (Lipinski definition) is 5. The Morgan fingerprint density at radius 3 is 2.35 bits per heavy atom. The number of imide groups is 1. The van der Waals surface area contributed by atoms with Crippen LogP contribution in [-0.2, 0) is 30.5 Å². The maximum absolute atomic E-state index is 13.0. The van der Waals surface area contributed by atoms with E-state index in [2.05, 4.69) is 27.8 Å². The van der Waals surface area contributed by atoms with Crippen LogP contribution in [0.15, 0.2) is 48.5 Å². The first-order valence-electron chi connectivity index (χ1n) is 17.1. The zero-order valence-electron chi connectivity index (χ0n) is 27.8. The molecule has 0 saturated carbocycles. The van der Waals surface area contributed by atoms with Gasteiger partial charge >= 0.3 is 0 Å². The van der Waals surface area contributed by atoms with Crippen molar-refractivity contribution in [3.8, 4) is 11.8 Å². The summed E-state index contributed by atoms with van der Waals surface area (Å²) in [6, 6.07) is 11.9. The molecule has 0 aliphatic carbocycles. The monoisotopic (exact) mass is 670 g/mol. The van der Waals surface area contributed by atoms with Gasteiger partial charge in [0.15, 0.2) is 0 Å². The highest BCUT2D eigenvalue weighted by Gasteiger charge is 2.39. The first kappa shape index (κ1) is 36.8. The van der Waals surface area contributed by atoms with Crippen LogP contribution in [0.1, 0.15) is 110 Å². The molecule has 260 valence electrons. The summed E-state index contributed by atoms with van der Waals surface area (Å²) < 4.78 is 0. The van der Waals surface area contributed by atoms with E-state index in [1.807, 2.05) is 18.2 Å². The van der Waals surface area contributed by atoms with Crippen LogP contribution >= 0.6 is 0 Å². The Balaban J connectivity index is 1.11. The van der Waals surface area contributed by atoms with Crippen molar-refractivity contribution in [3.63, 3.8) is 0 Å². The van der Waals surface area contributed by atoms with E-state index >= 15 is 0 Å². The molecule has 2 aliphatic heterocycles. The molecule has 6 amide bonds. The molecule has 12 heteroatoms. The lowest BCUT2D eigenvalue weighted by Gasteiger charge is -2.29. The summed E-state index contributed by atoms with van der Waals surface area (Å²) in [4.78, 5) is 75.0. The number of nitrogens with two attached hydrogens (primary N) is 2. The van der Waals surface area contributed by atoms with Gasteiger partial charge in [-0.15, -0.1) is 0 Å². The lowest BCUT2D eigenvalue weighted by atomic mass is 10.0. The topological polar surface area (TPSA) is 194 Å². The van der Waals surface area contributed by atoms with Crippen LogP contribution in [0.3, 0.4) is 0 Å². The molecule has 2 aromatic rings. The molecule has 0 bridgehead atoms. The second kappa shape index (κ2) is 18.5. The van der Waals surface area contributed by atoms with E-state index in [-0.39, 0.29) is 37.0 Å². The van der Waals surface area contributed by atoms with Gasteiger partial charge in [-0.3, -0.25) is 34.1 Å². The Labute approximate surface area is 287 Å². The van der Waals surface area contributed by atoms with Crippen molar-refractivity contribution in [1.29, 1.82) is 0 Å². The predicted octanol–water partition coefficient (Wildman–Crippen LogP) is 2.49. The molecule has 1 saturated heterocycles. The molecule has 4 rings (SSSR count). The summed E-state index contributed by atoms with van der Waals surface area (Å²) in [5.74, 6) is 4.15. The molecule has 2 heterocycles. The van der Waals surface area contributed by atoms with E-state index in [1.165, 1.54) is 0 Å². The van der Waals surface area contributed by atoms with Crippen LogP contribution in [-0.4, -0.2) is 59.0 Å². The normalized spacial score (nSPS) is 16.6. The summed E-state index contributed by atoms with van der Waals surface area (Å²) in [5.41, 5.74) is 13.9. The predicted molar refractivity (Wildman–Crippen MR) is 183 cm³/mol. The smallest absolute Gasteiger partial charge is 0.255 e. The minimum absolute atomic E-state index is 0.0132. The summed E-state index contributed by atoms with van der Waals surface area (Å²) in [6.07, 6.45) is 8.40. The molecule has 2 aliphatic rings. The number of unbranched alkanes of at least 4 members (excludes halogenated alkanes) is 7.